The lowest BCUT2D eigenvalue weighted by molar-refractivity contribution is 0.00904. The minimum absolute atomic E-state index is 0.0290. The van der Waals surface area contributed by atoms with E-state index in [1.54, 1.807) is 6.20 Å². The molecule has 10 nitrogen and oxygen atoms in total. The van der Waals surface area contributed by atoms with Crippen molar-refractivity contribution in [3.63, 3.8) is 0 Å². The second-order valence-corrected chi connectivity index (χ2v) is 12.0. The fraction of sp³-hybridized carbons (Fsp3) is 0.600. The molecule has 0 radical (unpaired) electrons. The number of anilines is 2. The molecule has 2 atom stereocenters. The van der Waals surface area contributed by atoms with E-state index in [0.29, 0.717) is 37.3 Å². The summed E-state index contributed by atoms with van der Waals surface area (Å²) < 4.78 is 10.8. The van der Waals surface area contributed by atoms with Crippen LogP contribution in [-0.4, -0.2) is 70.3 Å². The molecule has 1 aromatic heterocycles. The number of carbonyl (C=O) groups excluding carboxylic acids is 2. The van der Waals surface area contributed by atoms with Gasteiger partial charge in [-0.2, -0.15) is 4.98 Å². The average Bonchev–Trinajstić information content (AvgIpc) is 2.91. The van der Waals surface area contributed by atoms with Gasteiger partial charge in [-0.1, -0.05) is 38.1 Å². The number of nitrogens with one attached hydrogen (secondary N) is 1. The van der Waals surface area contributed by atoms with Gasteiger partial charge in [0.15, 0.2) is 0 Å². The molecule has 3 heterocycles. The Morgan fingerprint density at radius 2 is 1.73 bits per heavy atom. The van der Waals surface area contributed by atoms with E-state index in [2.05, 4.69) is 65.2 Å². The van der Waals surface area contributed by atoms with Crippen molar-refractivity contribution in [3.05, 3.63) is 47.2 Å². The standard InChI is InChI=1S/C30H44N6O4/c1-8-36-26-24(19-39-29(36)38)18-31-27(33-26)32-21(4)22-9-11-23(12-10-22)25(17-20(2)3)34-13-15-35(16-14-34)28(37)40-30(5,6)7/h9-12,18,20-21,25H,8,13-17,19H2,1-7H3,(H,31,32,33)/t21-,25?/m0/s1. The first-order valence-electron chi connectivity index (χ1n) is 14.3. The van der Waals surface area contributed by atoms with Crippen LogP contribution in [-0.2, 0) is 16.1 Å². The molecular formula is C30H44N6O4. The van der Waals surface area contributed by atoms with Crippen molar-refractivity contribution >= 4 is 24.0 Å². The summed E-state index contributed by atoms with van der Waals surface area (Å²) in [5.41, 5.74) is 2.71. The number of rotatable bonds is 8. The van der Waals surface area contributed by atoms with Crippen molar-refractivity contribution in [2.45, 2.75) is 79.2 Å². The van der Waals surface area contributed by atoms with Crippen LogP contribution < -0.4 is 10.2 Å². The van der Waals surface area contributed by atoms with Crippen LogP contribution in [0.25, 0.3) is 0 Å². The number of amides is 2. The number of ether oxygens (including phenoxy) is 2. The fourth-order valence-corrected chi connectivity index (χ4v) is 5.15. The number of hydrogen-bond acceptors (Lipinski definition) is 8. The highest BCUT2D eigenvalue weighted by Crippen LogP contribution is 2.31. The van der Waals surface area contributed by atoms with E-state index >= 15 is 0 Å². The minimum Gasteiger partial charge on any atom is -0.444 e. The minimum atomic E-state index is -0.488. The Morgan fingerprint density at radius 1 is 1.07 bits per heavy atom. The predicted molar refractivity (Wildman–Crippen MR) is 155 cm³/mol. The molecule has 1 saturated heterocycles. The van der Waals surface area contributed by atoms with Crippen LogP contribution >= 0.6 is 0 Å². The lowest BCUT2D eigenvalue weighted by atomic mass is 9.93. The number of aromatic nitrogens is 2. The molecule has 1 unspecified atom stereocenters. The number of piperazine rings is 1. The normalized spacial score (nSPS) is 17.8. The second-order valence-electron chi connectivity index (χ2n) is 12.0. The summed E-state index contributed by atoms with van der Waals surface area (Å²) in [6, 6.07) is 8.99. The van der Waals surface area contributed by atoms with Crippen molar-refractivity contribution < 1.29 is 19.1 Å². The number of hydrogen-bond donors (Lipinski definition) is 1. The second kappa shape index (κ2) is 12.4. The molecule has 1 N–H and O–H groups in total. The Balaban J connectivity index is 1.42. The van der Waals surface area contributed by atoms with E-state index in [1.807, 2.05) is 32.6 Å². The predicted octanol–water partition coefficient (Wildman–Crippen LogP) is 5.77. The van der Waals surface area contributed by atoms with Gasteiger partial charge in [-0.25, -0.2) is 14.6 Å². The molecule has 10 heteroatoms. The molecule has 0 aliphatic carbocycles. The van der Waals surface area contributed by atoms with Gasteiger partial charge < -0.3 is 19.7 Å². The van der Waals surface area contributed by atoms with Crippen molar-refractivity contribution in [1.29, 1.82) is 0 Å². The molecule has 1 fully saturated rings. The summed E-state index contributed by atoms with van der Waals surface area (Å²) in [5.74, 6) is 1.61. The zero-order valence-corrected chi connectivity index (χ0v) is 24.9. The molecule has 0 saturated carbocycles. The van der Waals surface area contributed by atoms with Crippen LogP contribution in [0.4, 0.5) is 21.4 Å². The van der Waals surface area contributed by atoms with Gasteiger partial charge in [0.25, 0.3) is 0 Å². The Morgan fingerprint density at radius 3 is 2.33 bits per heavy atom. The number of nitrogens with zero attached hydrogens (tertiary/aromatic N) is 5. The van der Waals surface area contributed by atoms with Crippen molar-refractivity contribution in [2.75, 3.05) is 42.9 Å². The maximum absolute atomic E-state index is 12.5. The highest BCUT2D eigenvalue weighted by Gasteiger charge is 2.30. The molecule has 0 bridgehead atoms. The molecular weight excluding hydrogens is 508 g/mol. The van der Waals surface area contributed by atoms with Crippen LogP contribution in [0.15, 0.2) is 30.5 Å². The molecule has 2 amide bonds. The maximum Gasteiger partial charge on any atom is 0.415 e. The first-order valence-corrected chi connectivity index (χ1v) is 14.3. The Labute approximate surface area is 238 Å². The lowest BCUT2D eigenvalue weighted by Crippen LogP contribution is -2.51. The van der Waals surface area contributed by atoms with Crippen LogP contribution in [0.5, 0.6) is 0 Å². The molecule has 2 aliphatic heterocycles. The highest BCUT2D eigenvalue weighted by atomic mass is 16.6. The van der Waals surface area contributed by atoms with Gasteiger partial charge in [-0.15, -0.1) is 0 Å². The first kappa shape index (κ1) is 29.6. The van der Waals surface area contributed by atoms with Gasteiger partial charge in [-0.05, 0) is 58.1 Å². The van der Waals surface area contributed by atoms with E-state index in [0.717, 1.165) is 30.6 Å². The summed E-state index contributed by atoms with van der Waals surface area (Å²) in [6.07, 6.45) is 2.14. The lowest BCUT2D eigenvalue weighted by Gasteiger charge is -2.40. The molecule has 0 spiro atoms. The maximum atomic E-state index is 12.5. The van der Waals surface area contributed by atoms with E-state index in [1.165, 1.54) is 10.5 Å². The fourth-order valence-electron chi connectivity index (χ4n) is 5.15. The molecule has 2 aromatic rings. The first-order chi connectivity index (χ1) is 18.9. The largest absolute Gasteiger partial charge is 0.444 e. The third-order valence-corrected chi connectivity index (χ3v) is 7.25. The third-order valence-electron chi connectivity index (χ3n) is 7.25. The van der Waals surface area contributed by atoms with Crippen molar-refractivity contribution in [1.82, 2.24) is 19.8 Å². The summed E-state index contributed by atoms with van der Waals surface area (Å²) >= 11 is 0. The van der Waals surface area contributed by atoms with Gasteiger partial charge in [-0.3, -0.25) is 9.80 Å². The molecule has 4 rings (SSSR count). The summed E-state index contributed by atoms with van der Waals surface area (Å²) in [6.45, 7) is 17.8. The number of cyclic esters (lactones) is 1. The van der Waals surface area contributed by atoms with E-state index in [-0.39, 0.29) is 30.9 Å². The summed E-state index contributed by atoms with van der Waals surface area (Å²) in [4.78, 5) is 39.5. The van der Waals surface area contributed by atoms with E-state index in [9.17, 15) is 9.59 Å². The van der Waals surface area contributed by atoms with E-state index in [4.69, 9.17) is 9.47 Å². The van der Waals surface area contributed by atoms with Crippen molar-refractivity contribution in [2.24, 2.45) is 5.92 Å². The zero-order chi connectivity index (χ0) is 29.0. The number of fused-ring (bicyclic) bond motifs is 1. The van der Waals surface area contributed by atoms with E-state index < -0.39 is 5.60 Å². The van der Waals surface area contributed by atoms with Gasteiger partial charge >= 0.3 is 12.2 Å². The van der Waals surface area contributed by atoms with Crippen LogP contribution in [0.3, 0.4) is 0 Å². The average molecular weight is 553 g/mol. The zero-order valence-electron chi connectivity index (χ0n) is 24.9. The quantitative estimate of drug-likeness (QED) is 0.441. The Kier molecular flexibility index (Phi) is 9.18. The van der Waals surface area contributed by atoms with Gasteiger partial charge in [0.1, 0.15) is 18.0 Å². The summed E-state index contributed by atoms with van der Waals surface area (Å²) in [5, 5.41) is 3.38. The Hall–Kier alpha value is -3.40. The molecule has 218 valence electrons. The smallest absolute Gasteiger partial charge is 0.415 e. The highest BCUT2D eigenvalue weighted by molar-refractivity contribution is 5.89. The molecule has 2 aliphatic rings. The topological polar surface area (TPSA) is 100 Å². The number of carbonyl (C=O) groups is 2. The van der Waals surface area contributed by atoms with Crippen LogP contribution in [0, 0.1) is 5.92 Å². The van der Waals surface area contributed by atoms with Crippen molar-refractivity contribution in [3.8, 4) is 0 Å². The van der Waals surface area contributed by atoms with Gasteiger partial charge in [0.2, 0.25) is 5.95 Å². The van der Waals surface area contributed by atoms with Gasteiger partial charge in [0.05, 0.1) is 11.6 Å². The molecule has 40 heavy (non-hydrogen) atoms. The number of benzene rings is 1. The SMILES string of the molecule is CCN1C(=O)OCc2cnc(N[C@@H](C)c3ccc(C(CC(C)C)N4CCN(C(=O)OC(C)(C)C)CC4)cc3)nc21. The molecule has 1 aromatic carbocycles. The van der Waals surface area contributed by atoms with Crippen LogP contribution in [0.1, 0.15) is 83.7 Å². The monoisotopic (exact) mass is 552 g/mol. The third kappa shape index (κ3) is 7.21. The van der Waals surface area contributed by atoms with Crippen LogP contribution in [0.2, 0.25) is 0 Å². The Bertz CT molecular complexity index is 1170. The summed E-state index contributed by atoms with van der Waals surface area (Å²) in [7, 11) is 0. The van der Waals surface area contributed by atoms with Gasteiger partial charge in [0, 0.05) is 45.0 Å².